The van der Waals surface area contributed by atoms with E-state index in [4.69, 9.17) is 11.6 Å². The normalized spacial score (nSPS) is 12.1. The Bertz CT molecular complexity index is 1320. The summed E-state index contributed by atoms with van der Waals surface area (Å²) in [6.07, 6.45) is 0.773. The minimum absolute atomic E-state index is 0. The Morgan fingerprint density at radius 1 is 1.11 bits per heavy atom. The lowest BCUT2D eigenvalue weighted by Gasteiger charge is -2.15. The summed E-state index contributed by atoms with van der Waals surface area (Å²) < 4.78 is 49.5. The summed E-state index contributed by atoms with van der Waals surface area (Å²) in [6.45, 7) is 0.857. The van der Waals surface area contributed by atoms with E-state index in [9.17, 15) is 26.8 Å². The van der Waals surface area contributed by atoms with E-state index in [0.29, 0.717) is 5.82 Å². The molecule has 0 saturated carbocycles. The number of carbonyl (C=O) groups excluding carboxylic acids is 2. The van der Waals surface area contributed by atoms with Crippen LogP contribution >= 0.6 is 25.1 Å². The van der Waals surface area contributed by atoms with Crippen LogP contribution in [0.4, 0.5) is 8.78 Å². The van der Waals surface area contributed by atoms with Gasteiger partial charge in [-0.05, 0) is 37.3 Å². The summed E-state index contributed by atoms with van der Waals surface area (Å²) in [5.74, 6) is -0.732. The molecule has 10 nitrogen and oxygen atoms in total. The van der Waals surface area contributed by atoms with Crippen molar-refractivity contribution in [1.82, 2.24) is 30.4 Å². The van der Waals surface area contributed by atoms with Gasteiger partial charge in [0.1, 0.15) is 6.33 Å². The summed E-state index contributed by atoms with van der Waals surface area (Å²) in [7, 11) is -3.58. The predicted octanol–water partition coefficient (Wildman–Crippen LogP) is 2.32. The van der Waals surface area contributed by atoms with Crippen LogP contribution in [0.3, 0.4) is 0 Å². The molecule has 0 aliphatic carbocycles. The Kier molecular flexibility index (Phi) is 9.29. The first kappa shape index (κ1) is 28.1. The van der Waals surface area contributed by atoms with Crippen LogP contribution in [0.5, 0.6) is 0 Å². The van der Waals surface area contributed by atoms with Gasteiger partial charge in [0.15, 0.2) is 21.5 Å². The summed E-state index contributed by atoms with van der Waals surface area (Å²) in [5, 5.41) is 8.93. The minimum atomic E-state index is -3.58. The number of hydrogen-bond donors (Lipinski definition) is 2. The molecule has 0 aliphatic heterocycles. The molecule has 35 heavy (non-hydrogen) atoms. The molecule has 188 valence electrons. The van der Waals surface area contributed by atoms with E-state index in [1.165, 1.54) is 47.5 Å². The van der Waals surface area contributed by atoms with E-state index >= 15 is 0 Å². The number of alkyl halides is 2. The average Bonchev–Trinajstić information content (AvgIpc) is 3.26. The fourth-order valence-corrected chi connectivity index (χ4v) is 3.87. The molecule has 0 bridgehead atoms. The number of benzene rings is 1. The maximum Gasteiger partial charge on any atom is 0.255 e. The van der Waals surface area contributed by atoms with Crippen molar-refractivity contribution in [2.75, 3.05) is 12.8 Å². The van der Waals surface area contributed by atoms with Crippen molar-refractivity contribution in [2.24, 2.45) is 0 Å². The number of carbonyl (C=O) groups is 2. The molecule has 0 saturated heterocycles. The van der Waals surface area contributed by atoms with E-state index in [0.717, 1.165) is 6.26 Å². The van der Waals surface area contributed by atoms with E-state index in [2.05, 4.69) is 25.7 Å². The van der Waals surface area contributed by atoms with Gasteiger partial charge in [-0.15, -0.1) is 0 Å². The SMILES string of the molecule is C[C@@H](NC(=O)c1cc(Cl)cc(S(C)(=O)=O)c1)c1ncnn1-c1ccc(C(=O)NCC(F)F)cn1.S. The minimum Gasteiger partial charge on any atom is -0.346 e. The molecule has 0 fully saturated rings. The zero-order chi connectivity index (χ0) is 25.0. The first-order valence-electron chi connectivity index (χ1n) is 9.70. The van der Waals surface area contributed by atoms with Gasteiger partial charge in [0, 0.05) is 23.0 Å². The number of aromatic nitrogens is 4. The molecule has 0 spiro atoms. The lowest BCUT2D eigenvalue weighted by Crippen LogP contribution is -2.29. The first-order valence-corrected chi connectivity index (χ1v) is 12.0. The fourth-order valence-electron chi connectivity index (χ4n) is 2.89. The third-order valence-corrected chi connectivity index (χ3v) is 5.82. The Balaban J connectivity index is 0.00000432. The zero-order valence-electron chi connectivity index (χ0n) is 18.4. The molecule has 3 aromatic rings. The second-order valence-corrected chi connectivity index (χ2v) is 9.63. The van der Waals surface area contributed by atoms with E-state index in [1.807, 2.05) is 0 Å². The average molecular weight is 547 g/mol. The molecular weight excluding hydrogens is 526 g/mol. The van der Waals surface area contributed by atoms with Gasteiger partial charge in [0.25, 0.3) is 18.2 Å². The van der Waals surface area contributed by atoms with Gasteiger partial charge in [-0.1, -0.05) is 11.6 Å². The number of hydrogen-bond acceptors (Lipinski definition) is 7. The lowest BCUT2D eigenvalue weighted by molar-refractivity contribution is 0.0890. The number of rotatable bonds is 8. The van der Waals surface area contributed by atoms with Gasteiger partial charge in [-0.25, -0.2) is 27.2 Å². The third kappa shape index (κ3) is 7.19. The van der Waals surface area contributed by atoms with E-state index < -0.39 is 40.7 Å². The molecule has 15 heteroatoms. The second kappa shape index (κ2) is 11.6. The van der Waals surface area contributed by atoms with Gasteiger partial charge < -0.3 is 10.6 Å². The van der Waals surface area contributed by atoms with Crippen LogP contribution < -0.4 is 10.6 Å². The Hall–Kier alpha value is -3.10. The van der Waals surface area contributed by atoms with Gasteiger partial charge in [0.2, 0.25) is 0 Å². The summed E-state index contributed by atoms with van der Waals surface area (Å²) in [5.41, 5.74) is 0.123. The molecule has 2 heterocycles. The van der Waals surface area contributed by atoms with Crippen LogP contribution in [0, 0.1) is 0 Å². The number of halogens is 3. The fraction of sp³-hybridized carbons (Fsp3) is 0.250. The van der Waals surface area contributed by atoms with Crippen LogP contribution in [0.15, 0.2) is 47.8 Å². The largest absolute Gasteiger partial charge is 0.346 e. The van der Waals surface area contributed by atoms with Crippen LogP contribution in [0.25, 0.3) is 5.82 Å². The Morgan fingerprint density at radius 3 is 2.43 bits per heavy atom. The lowest BCUT2D eigenvalue weighted by atomic mass is 10.2. The standard InChI is InChI=1S/C20H19ClF2N6O4S.H2S/c1-11(28-20(31)13-5-14(21)7-15(6-13)34(2,32)33)18-26-10-27-29(18)17-4-3-12(8-24-17)19(30)25-9-16(22)23;/h3-8,10-11,16H,9H2,1-2H3,(H,25,30)(H,28,31);1H2/t11-;/m1./s1. The highest BCUT2D eigenvalue weighted by Crippen LogP contribution is 2.20. The van der Waals surface area contributed by atoms with Crippen molar-refractivity contribution >= 4 is 46.7 Å². The molecular formula is C20H21ClF2N6O4S2. The monoisotopic (exact) mass is 546 g/mol. The Morgan fingerprint density at radius 2 is 1.83 bits per heavy atom. The van der Waals surface area contributed by atoms with Crippen LogP contribution in [-0.4, -0.2) is 59.2 Å². The van der Waals surface area contributed by atoms with Crippen LogP contribution in [0.1, 0.15) is 39.5 Å². The first-order chi connectivity index (χ1) is 16.0. The summed E-state index contributed by atoms with van der Waals surface area (Å²) in [4.78, 5) is 32.8. The molecule has 3 rings (SSSR count). The van der Waals surface area contributed by atoms with Crippen LogP contribution in [0.2, 0.25) is 5.02 Å². The number of amides is 2. The summed E-state index contributed by atoms with van der Waals surface area (Å²) in [6, 6.07) is 5.94. The number of nitrogens with one attached hydrogen (secondary N) is 2. The molecule has 0 radical (unpaired) electrons. The molecule has 2 N–H and O–H groups in total. The maximum absolute atomic E-state index is 12.7. The van der Waals surface area contributed by atoms with Gasteiger partial charge in [-0.2, -0.15) is 23.3 Å². The smallest absolute Gasteiger partial charge is 0.255 e. The van der Waals surface area contributed by atoms with Gasteiger partial charge in [-0.3, -0.25) is 9.59 Å². The highest BCUT2D eigenvalue weighted by atomic mass is 35.5. The topological polar surface area (TPSA) is 136 Å². The highest BCUT2D eigenvalue weighted by Gasteiger charge is 2.20. The Labute approximate surface area is 211 Å². The molecule has 1 aromatic carbocycles. The summed E-state index contributed by atoms with van der Waals surface area (Å²) >= 11 is 5.97. The van der Waals surface area contributed by atoms with Crippen molar-refractivity contribution in [2.45, 2.75) is 24.3 Å². The van der Waals surface area contributed by atoms with Crippen molar-refractivity contribution in [3.05, 3.63) is 64.8 Å². The van der Waals surface area contributed by atoms with Crippen molar-refractivity contribution < 1.29 is 26.8 Å². The third-order valence-electron chi connectivity index (χ3n) is 4.51. The molecule has 2 amide bonds. The highest BCUT2D eigenvalue weighted by molar-refractivity contribution is 7.90. The van der Waals surface area contributed by atoms with Crippen molar-refractivity contribution in [3.63, 3.8) is 0 Å². The molecule has 2 aromatic heterocycles. The van der Waals surface area contributed by atoms with Crippen molar-refractivity contribution in [1.29, 1.82) is 0 Å². The molecule has 0 unspecified atom stereocenters. The molecule has 0 aliphatic rings. The molecule has 1 atom stereocenters. The van der Waals surface area contributed by atoms with Gasteiger partial charge >= 0.3 is 0 Å². The number of sulfone groups is 1. The van der Waals surface area contributed by atoms with Crippen molar-refractivity contribution in [3.8, 4) is 5.82 Å². The van der Waals surface area contributed by atoms with Gasteiger partial charge in [0.05, 0.1) is 23.0 Å². The van der Waals surface area contributed by atoms with E-state index in [-0.39, 0.29) is 40.4 Å². The zero-order valence-corrected chi connectivity index (χ0v) is 20.9. The quantitative estimate of drug-likeness (QED) is 0.442. The number of nitrogens with zero attached hydrogens (tertiary/aromatic N) is 4. The maximum atomic E-state index is 12.7. The van der Waals surface area contributed by atoms with Crippen LogP contribution in [-0.2, 0) is 9.84 Å². The number of pyridine rings is 1. The van der Waals surface area contributed by atoms with E-state index in [1.54, 1.807) is 6.92 Å². The predicted molar refractivity (Wildman–Crippen MR) is 128 cm³/mol. The second-order valence-electron chi connectivity index (χ2n) is 7.18.